The van der Waals surface area contributed by atoms with Gasteiger partial charge in [-0.15, -0.1) is 0 Å². The van der Waals surface area contributed by atoms with Gasteiger partial charge in [0.1, 0.15) is 11.4 Å². The van der Waals surface area contributed by atoms with Crippen LogP contribution in [0.5, 0.6) is 5.75 Å². The third kappa shape index (κ3) is 8.74. The molecule has 31 heavy (non-hydrogen) atoms. The topological polar surface area (TPSA) is 73.9 Å². The first-order chi connectivity index (χ1) is 14.6. The van der Waals surface area contributed by atoms with E-state index in [1.807, 2.05) is 24.3 Å². The van der Waals surface area contributed by atoms with Crippen molar-refractivity contribution in [2.75, 3.05) is 7.11 Å². The van der Waals surface area contributed by atoms with Gasteiger partial charge in [0, 0.05) is 0 Å². The highest BCUT2D eigenvalue weighted by atomic mass is 16.6. The van der Waals surface area contributed by atoms with Gasteiger partial charge in [-0.2, -0.15) is 0 Å². The quantitative estimate of drug-likeness (QED) is 0.544. The molecule has 0 spiro atoms. The number of ketones is 1. The molecular weight excluding hydrogens is 394 g/mol. The summed E-state index contributed by atoms with van der Waals surface area (Å²) in [6.07, 6.45) is 4.06. The van der Waals surface area contributed by atoms with Crippen molar-refractivity contribution in [1.29, 1.82) is 0 Å². The van der Waals surface area contributed by atoms with Gasteiger partial charge in [-0.05, 0) is 89.0 Å². The number of ether oxygens (including phenoxy) is 3. The SMILES string of the molecule is C=C(C)C(=O)[C@H](CC1CCC(OCc2ccc(OC)cc2)CC1)NC(=O)OC(C)(C)C. The van der Waals surface area contributed by atoms with E-state index in [-0.39, 0.29) is 11.9 Å². The number of methoxy groups -OCH3 is 1. The highest BCUT2D eigenvalue weighted by Gasteiger charge is 2.30. The van der Waals surface area contributed by atoms with Crippen LogP contribution >= 0.6 is 0 Å². The van der Waals surface area contributed by atoms with Crippen molar-refractivity contribution in [2.24, 2.45) is 5.92 Å². The number of rotatable bonds is 9. The largest absolute Gasteiger partial charge is 0.497 e. The Bertz CT molecular complexity index is 742. The maximum Gasteiger partial charge on any atom is 0.408 e. The number of carbonyl (C=O) groups is 2. The van der Waals surface area contributed by atoms with Crippen LogP contribution in [0.4, 0.5) is 4.79 Å². The van der Waals surface area contributed by atoms with Gasteiger partial charge in [0.05, 0.1) is 25.9 Å². The lowest BCUT2D eigenvalue weighted by atomic mass is 9.82. The zero-order valence-electron chi connectivity index (χ0n) is 19.5. The van der Waals surface area contributed by atoms with Gasteiger partial charge < -0.3 is 19.5 Å². The molecule has 1 saturated carbocycles. The maximum absolute atomic E-state index is 12.6. The molecule has 1 aliphatic carbocycles. The first-order valence-corrected chi connectivity index (χ1v) is 11.0. The zero-order valence-corrected chi connectivity index (χ0v) is 19.5. The summed E-state index contributed by atoms with van der Waals surface area (Å²) in [5, 5.41) is 2.76. The standard InChI is InChI=1S/C25H37NO5/c1-17(2)23(27)22(26-24(28)31-25(3,4)5)15-18-7-13-21(14-8-18)30-16-19-9-11-20(29-6)12-10-19/h9-12,18,21-22H,1,7-8,13-16H2,2-6H3,(H,26,28)/t18?,21?,22-/m0/s1. The molecule has 0 radical (unpaired) electrons. The van der Waals surface area contributed by atoms with Crippen LogP contribution in [0.3, 0.4) is 0 Å². The van der Waals surface area contributed by atoms with Gasteiger partial charge in [0.15, 0.2) is 5.78 Å². The fraction of sp³-hybridized carbons (Fsp3) is 0.600. The summed E-state index contributed by atoms with van der Waals surface area (Å²) in [5.74, 6) is 1.05. The van der Waals surface area contributed by atoms with Crippen LogP contribution < -0.4 is 10.1 Å². The molecule has 1 aromatic carbocycles. The average Bonchev–Trinajstić information content (AvgIpc) is 2.71. The number of Topliss-reactive ketones (excluding diaryl/α,β-unsaturated/α-hetero) is 1. The summed E-state index contributed by atoms with van der Waals surface area (Å²) in [5.41, 5.74) is 0.953. The Morgan fingerprint density at radius 2 is 1.74 bits per heavy atom. The highest BCUT2D eigenvalue weighted by molar-refractivity contribution is 5.99. The number of hydrogen-bond donors (Lipinski definition) is 1. The Labute approximate surface area is 186 Å². The molecule has 0 unspecified atom stereocenters. The van der Waals surface area contributed by atoms with Crippen LogP contribution in [0.2, 0.25) is 0 Å². The third-order valence-electron chi connectivity index (χ3n) is 5.44. The first-order valence-electron chi connectivity index (χ1n) is 11.0. The van der Waals surface area contributed by atoms with Gasteiger partial charge in [-0.25, -0.2) is 4.79 Å². The van der Waals surface area contributed by atoms with E-state index < -0.39 is 17.7 Å². The van der Waals surface area contributed by atoms with Crippen molar-refractivity contribution in [3.63, 3.8) is 0 Å². The van der Waals surface area contributed by atoms with Crippen molar-refractivity contribution in [3.05, 3.63) is 42.0 Å². The van der Waals surface area contributed by atoms with Gasteiger partial charge in [0.2, 0.25) is 0 Å². The molecule has 0 saturated heterocycles. The molecular formula is C25H37NO5. The van der Waals surface area contributed by atoms with E-state index in [4.69, 9.17) is 14.2 Å². The van der Waals surface area contributed by atoms with E-state index in [2.05, 4.69) is 11.9 Å². The van der Waals surface area contributed by atoms with Crippen molar-refractivity contribution in [1.82, 2.24) is 5.32 Å². The Hall–Kier alpha value is -2.34. The molecule has 1 atom stereocenters. The molecule has 1 aliphatic rings. The number of amides is 1. The van der Waals surface area contributed by atoms with Gasteiger partial charge in [-0.3, -0.25) is 4.79 Å². The van der Waals surface area contributed by atoms with Crippen LogP contribution in [0.25, 0.3) is 0 Å². The number of benzene rings is 1. The lowest BCUT2D eigenvalue weighted by Crippen LogP contribution is -2.45. The van der Waals surface area contributed by atoms with E-state index in [1.54, 1.807) is 34.8 Å². The minimum absolute atomic E-state index is 0.135. The van der Waals surface area contributed by atoms with E-state index >= 15 is 0 Å². The van der Waals surface area contributed by atoms with Gasteiger partial charge >= 0.3 is 6.09 Å². The zero-order chi connectivity index (χ0) is 23.0. The lowest BCUT2D eigenvalue weighted by Gasteiger charge is -2.31. The molecule has 1 amide bonds. The Morgan fingerprint density at radius 1 is 1.13 bits per heavy atom. The summed E-state index contributed by atoms with van der Waals surface area (Å²) in [6, 6.07) is 7.30. The van der Waals surface area contributed by atoms with Crippen LogP contribution in [-0.4, -0.2) is 36.7 Å². The van der Waals surface area contributed by atoms with Crippen LogP contribution in [0.15, 0.2) is 36.4 Å². The molecule has 1 aromatic rings. The second-order valence-electron chi connectivity index (χ2n) is 9.38. The summed E-state index contributed by atoms with van der Waals surface area (Å²) >= 11 is 0. The normalized spacial score (nSPS) is 19.9. The molecule has 2 rings (SSSR count). The van der Waals surface area contributed by atoms with Crippen molar-refractivity contribution >= 4 is 11.9 Å². The maximum atomic E-state index is 12.6. The predicted molar refractivity (Wildman–Crippen MR) is 121 cm³/mol. The smallest absolute Gasteiger partial charge is 0.408 e. The van der Waals surface area contributed by atoms with Crippen LogP contribution in [0.1, 0.15) is 65.4 Å². The van der Waals surface area contributed by atoms with Crippen molar-refractivity contribution in [3.8, 4) is 5.75 Å². The lowest BCUT2D eigenvalue weighted by molar-refractivity contribution is -0.118. The summed E-state index contributed by atoms with van der Waals surface area (Å²) in [4.78, 5) is 24.8. The monoisotopic (exact) mass is 431 g/mol. The molecule has 1 N–H and O–H groups in total. The molecule has 6 heteroatoms. The minimum Gasteiger partial charge on any atom is -0.497 e. The number of nitrogens with one attached hydrogen (secondary N) is 1. The van der Waals surface area contributed by atoms with E-state index in [1.165, 1.54) is 0 Å². The van der Waals surface area contributed by atoms with E-state index in [9.17, 15) is 9.59 Å². The molecule has 0 bridgehead atoms. The number of carbonyl (C=O) groups excluding carboxylic acids is 2. The predicted octanol–water partition coefficient (Wildman–Crippen LogP) is 5.20. The summed E-state index contributed by atoms with van der Waals surface area (Å²) in [7, 11) is 1.65. The number of alkyl carbamates (subject to hydrolysis) is 1. The Balaban J connectivity index is 1.83. The van der Waals surface area contributed by atoms with Crippen molar-refractivity contribution < 1.29 is 23.8 Å². The Kier molecular flexibility index (Phi) is 9.11. The molecule has 0 heterocycles. The third-order valence-corrected chi connectivity index (χ3v) is 5.44. The summed E-state index contributed by atoms with van der Waals surface area (Å²) < 4.78 is 16.6. The molecule has 6 nitrogen and oxygen atoms in total. The molecule has 0 aromatic heterocycles. The molecule has 0 aliphatic heterocycles. The first kappa shape index (κ1) is 24.9. The van der Waals surface area contributed by atoms with E-state index in [0.29, 0.717) is 24.5 Å². The summed E-state index contributed by atoms with van der Waals surface area (Å²) in [6.45, 7) is 11.4. The second-order valence-corrected chi connectivity index (χ2v) is 9.38. The fourth-order valence-electron chi connectivity index (χ4n) is 3.78. The fourth-order valence-corrected chi connectivity index (χ4v) is 3.78. The van der Waals surface area contributed by atoms with E-state index in [0.717, 1.165) is 37.0 Å². The molecule has 1 fully saturated rings. The van der Waals surface area contributed by atoms with Gasteiger partial charge in [-0.1, -0.05) is 18.7 Å². The Morgan fingerprint density at radius 3 is 2.26 bits per heavy atom. The van der Waals surface area contributed by atoms with Crippen molar-refractivity contribution in [2.45, 2.75) is 84.2 Å². The highest BCUT2D eigenvalue weighted by Crippen LogP contribution is 2.30. The van der Waals surface area contributed by atoms with Gasteiger partial charge in [0.25, 0.3) is 0 Å². The second kappa shape index (κ2) is 11.3. The average molecular weight is 432 g/mol. The molecule has 172 valence electrons. The number of hydrogen-bond acceptors (Lipinski definition) is 5. The van der Waals surface area contributed by atoms with Crippen LogP contribution in [-0.2, 0) is 20.9 Å². The minimum atomic E-state index is -0.611. The van der Waals surface area contributed by atoms with Crippen LogP contribution in [0, 0.1) is 5.92 Å².